The van der Waals surface area contributed by atoms with Crippen LogP contribution in [0.15, 0.2) is 41.8 Å². The van der Waals surface area contributed by atoms with Crippen molar-refractivity contribution < 1.29 is 9.59 Å². The van der Waals surface area contributed by atoms with Crippen LogP contribution >= 0.6 is 22.9 Å². The van der Waals surface area contributed by atoms with Gasteiger partial charge in [0.05, 0.1) is 11.4 Å². The number of amides is 2. The number of nitrogens with one attached hydrogen (secondary N) is 1. The molecule has 1 saturated carbocycles. The van der Waals surface area contributed by atoms with Crippen molar-refractivity contribution in [3.63, 3.8) is 0 Å². The van der Waals surface area contributed by atoms with E-state index in [0.717, 1.165) is 41.8 Å². The molecule has 2 aromatic heterocycles. The van der Waals surface area contributed by atoms with Gasteiger partial charge in [-0.05, 0) is 61.9 Å². The number of anilines is 1. The first-order valence-corrected chi connectivity index (χ1v) is 12.7. The molecular weight excluding hydrogens is 456 g/mol. The largest absolute Gasteiger partial charge is 0.351 e. The molecule has 1 fully saturated rings. The van der Waals surface area contributed by atoms with Crippen molar-refractivity contribution in [1.29, 1.82) is 0 Å². The minimum absolute atomic E-state index is 0.140. The molecule has 2 aliphatic rings. The van der Waals surface area contributed by atoms with Crippen LogP contribution in [-0.2, 0) is 11.3 Å². The third kappa shape index (κ3) is 3.87. The van der Waals surface area contributed by atoms with Crippen LogP contribution < -0.4 is 10.2 Å². The fourth-order valence-electron chi connectivity index (χ4n) is 4.93. The molecule has 1 aromatic carbocycles. The first kappa shape index (κ1) is 22.2. The molecule has 1 aliphatic heterocycles. The maximum atomic E-state index is 13.9. The molecule has 5 rings (SSSR count). The number of carbonyl (C=O) groups is 2. The van der Waals surface area contributed by atoms with E-state index in [4.69, 9.17) is 16.7 Å². The van der Waals surface area contributed by atoms with Gasteiger partial charge in [-0.3, -0.25) is 19.2 Å². The van der Waals surface area contributed by atoms with Gasteiger partial charge in [0.25, 0.3) is 5.91 Å². The van der Waals surface area contributed by atoms with Crippen molar-refractivity contribution in [3.05, 3.63) is 58.1 Å². The summed E-state index contributed by atoms with van der Waals surface area (Å²) >= 11 is 8.00. The Labute approximate surface area is 202 Å². The number of aromatic nitrogens is 2. The van der Waals surface area contributed by atoms with E-state index in [1.165, 1.54) is 6.42 Å². The molecule has 0 saturated heterocycles. The monoisotopic (exact) mass is 482 g/mol. The number of halogens is 1. The van der Waals surface area contributed by atoms with Crippen LogP contribution in [0.3, 0.4) is 0 Å². The van der Waals surface area contributed by atoms with Crippen LogP contribution in [0.5, 0.6) is 0 Å². The SMILES string of the molecule is Cc1c(Cl)cccc1N1C(=O)c2cc(-c3cccs3)nn2CC1(C)C(=O)NC1CCCCC1. The molecular formula is C25H27ClN4O2S. The van der Waals surface area contributed by atoms with E-state index >= 15 is 0 Å². The maximum Gasteiger partial charge on any atom is 0.277 e. The number of carbonyl (C=O) groups excluding carboxylic acids is 2. The van der Waals surface area contributed by atoms with Crippen LogP contribution in [-0.4, -0.2) is 33.2 Å². The van der Waals surface area contributed by atoms with Gasteiger partial charge >= 0.3 is 0 Å². The lowest BCUT2D eigenvalue weighted by Gasteiger charge is -2.44. The fourth-order valence-corrected chi connectivity index (χ4v) is 5.78. The Bertz CT molecular complexity index is 1200. The van der Waals surface area contributed by atoms with Crippen molar-refractivity contribution >= 4 is 40.4 Å². The molecule has 2 amide bonds. The van der Waals surface area contributed by atoms with Crippen molar-refractivity contribution in [1.82, 2.24) is 15.1 Å². The highest BCUT2D eigenvalue weighted by molar-refractivity contribution is 7.13. The van der Waals surface area contributed by atoms with E-state index in [1.807, 2.05) is 49.6 Å². The molecule has 6 nitrogen and oxygen atoms in total. The average Bonchev–Trinajstić information content (AvgIpc) is 3.47. The van der Waals surface area contributed by atoms with E-state index in [2.05, 4.69) is 5.32 Å². The Morgan fingerprint density at radius 1 is 1.21 bits per heavy atom. The zero-order valence-corrected chi connectivity index (χ0v) is 20.4. The van der Waals surface area contributed by atoms with Gasteiger partial charge in [-0.2, -0.15) is 5.10 Å². The Morgan fingerprint density at radius 3 is 2.73 bits per heavy atom. The number of benzene rings is 1. The molecule has 3 heterocycles. The summed E-state index contributed by atoms with van der Waals surface area (Å²) in [4.78, 5) is 30.3. The van der Waals surface area contributed by atoms with Crippen LogP contribution in [0.4, 0.5) is 5.69 Å². The number of hydrogen-bond acceptors (Lipinski definition) is 4. The second-order valence-corrected chi connectivity index (χ2v) is 10.5. The Hall–Kier alpha value is -2.64. The van der Waals surface area contributed by atoms with E-state index in [-0.39, 0.29) is 24.4 Å². The summed E-state index contributed by atoms with van der Waals surface area (Å²) in [7, 11) is 0. The van der Waals surface area contributed by atoms with Gasteiger partial charge in [-0.15, -0.1) is 11.3 Å². The van der Waals surface area contributed by atoms with E-state index in [0.29, 0.717) is 16.4 Å². The summed E-state index contributed by atoms with van der Waals surface area (Å²) in [5.74, 6) is -0.399. The quantitative estimate of drug-likeness (QED) is 0.538. The van der Waals surface area contributed by atoms with Gasteiger partial charge in [0.1, 0.15) is 16.9 Å². The number of hydrogen-bond donors (Lipinski definition) is 1. The minimum atomic E-state index is -1.14. The van der Waals surface area contributed by atoms with Crippen molar-refractivity contribution in [3.8, 4) is 10.6 Å². The highest BCUT2D eigenvalue weighted by Gasteiger charge is 2.49. The summed E-state index contributed by atoms with van der Waals surface area (Å²) in [6.07, 6.45) is 5.39. The smallest absolute Gasteiger partial charge is 0.277 e. The molecule has 3 aromatic rings. The predicted octanol–water partition coefficient (Wildman–Crippen LogP) is 5.44. The van der Waals surface area contributed by atoms with Gasteiger partial charge in [-0.1, -0.05) is 43.0 Å². The normalized spacial score (nSPS) is 21.2. The number of fused-ring (bicyclic) bond motifs is 1. The molecule has 172 valence electrons. The van der Waals surface area contributed by atoms with Crippen molar-refractivity contribution in [2.45, 2.75) is 64.1 Å². The van der Waals surface area contributed by atoms with Crippen LogP contribution in [0, 0.1) is 6.92 Å². The summed E-state index contributed by atoms with van der Waals surface area (Å²) in [6.45, 7) is 3.98. The predicted molar refractivity (Wildman–Crippen MR) is 132 cm³/mol. The Kier molecular flexibility index (Phi) is 5.79. The summed E-state index contributed by atoms with van der Waals surface area (Å²) in [6, 6.07) is 11.4. The number of nitrogens with zero attached hydrogens (tertiary/aromatic N) is 3. The molecule has 0 radical (unpaired) electrons. The van der Waals surface area contributed by atoms with Gasteiger partial charge in [0.2, 0.25) is 5.91 Å². The fraction of sp³-hybridized carbons (Fsp3) is 0.400. The molecule has 1 atom stereocenters. The second-order valence-electron chi connectivity index (χ2n) is 9.16. The lowest BCUT2D eigenvalue weighted by molar-refractivity contribution is -0.127. The van der Waals surface area contributed by atoms with Gasteiger partial charge < -0.3 is 5.32 Å². The lowest BCUT2D eigenvalue weighted by Crippen LogP contribution is -2.65. The van der Waals surface area contributed by atoms with Crippen LogP contribution in [0.2, 0.25) is 5.02 Å². The maximum absolute atomic E-state index is 13.9. The molecule has 33 heavy (non-hydrogen) atoms. The molecule has 1 N–H and O–H groups in total. The Morgan fingerprint density at radius 2 is 2.00 bits per heavy atom. The number of rotatable bonds is 4. The number of thiophene rings is 1. The first-order valence-electron chi connectivity index (χ1n) is 11.4. The summed E-state index contributed by atoms with van der Waals surface area (Å²) < 4.78 is 1.69. The third-order valence-corrected chi connectivity index (χ3v) is 8.14. The van der Waals surface area contributed by atoms with Crippen LogP contribution in [0.25, 0.3) is 10.6 Å². The van der Waals surface area contributed by atoms with E-state index in [1.54, 1.807) is 27.0 Å². The second kappa shape index (κ2) is 8.61. The lowest BCUT2D eigenvalue weighted by atomic mass is 9.90. The van der Waals surface area contributed by atoms with Gasteiger partial charge in [0, 0.05) is 16.8 Å². The zero-order chi connectivity index (χ0) is 23.2. The first-order chi connectivity index (χ1) is 15.9. The van der Waals surface area contributed by atoms with E-state index in [9.17, 15) is 9.59 Å². The van der Waals surface area contributed by atoms with Gasteiger partial charge in [-0.25, -0.2) is 0 Å². The molecule has 1 unspecified atom stereocenters. The minimum Gasteiger partial charge on any atom is -0.351 e. The average molecular weight is 483 g/mol. The highest BCUT2D eigenvalue weighted by atomic mass is 35.5. The Balaban J connectivity index is 1.59. The van der Waals surface area contributed by atoms with E-state index < -0.39 is 5.54 Å². The zero-order valence-electron chi connectivity index (χ0n) is 18.8. The molecule has 0 bridgehead atoms. The molecule has 0 spiro atoms. The van der Waals surface area contributed by atoms with Gasteiger partial charge in [0.15, 0.2) is 0 Å². The molecule has 8 heteroatoms. The van der Waals surface area contributed by atoms with Crippen LogP contribution in [0.1, 0.15) is 55.1 Å². The highest BCUT2D eigenvalue weighted by Crippen LogP contribution is 2.38. The topological polar surface area (TPSA) is 67.2 Å². The summed E-state index contributed by atoms with van der Waals surface area (Å²) in [5, 5.41) is 10.5. The standard InChI is InChI=1S/C25H27ClN4O2S/c1-16-18(26)10-6-11-20(16)30-23(31)21-14-19(22-12-7-13-33-22)28-29(21)15-25(30,2)24(32)27-17-8-4-3-5-9-17/h6-7,10-14,17H,3-5,8-9,15H2,1-2H3,(H,27,32). The van der Waals surface area contributed by atoms with Crippen molar-refractivity contribution in [2.24, 2.45) is 0 Å². The third-order valence-electron chi connectivity index (χ3n) is 6.84. The molecule has 1 aliphatic carbocycles. The van der Waals surface area contributed by atoms with Crippen molar-refractivity contribution in [2.75, 3.05) is 4.90 Å². The summed E-state index contributed by atoms with van der Waals surface area (Å²) in [5.41, 5.74) is 1.50.